The lowest BCUT2D eigenvalue weighted by Gasteiger charge is -2.20. The number of aromatic amines is 1. The normalized spacial score (nSPS) is 11.8. The van der Waals surface area contributed by atoms with E-state index in [4.69, 9.17) is 0 Å². The van der Waals surface area contributed by atoms with Crippen LogP contribution in [0.3, 0.4) is 0 Å². The van der Waals surface area contributed by atoms with E-state index in [1.807, 2.05) is 6.07 Å². The van der Waals surface area contributed by atoms with Crippen LogP contribution in [0.25, 0.3) is 10.9 Å². The van der Waals surface area contributed by atoms with Crippen molar-refractivity contribution in [2.75, 3.05) is 11.9 Å². The van der Waals surface area contributed by atoms with Crippen LogP contribution in [0.1, 0.15) is 38.3 Å². The Morgan fingerprint density at radius 3 is 2.55 bits per heavy atom. The molecular weight excluding hydrogens is 248 g/mol. The number of aryl methyl sites for hydroxylation is 2. The number of pyridine rings is 1. The molecule has 1 heterocycles. The number of hydrogen-bond donors (Lipinski definition) is 2. The van der Waals surface area contributed by atoms with Crippen molar-refractivity contribution in [1.82, 2.24) is 4.98 Å². The Bertz CT molecular complexity index is 678. The van der Waals surface area contributed by atoms with Gasteiger partial charge in [0.2, 0.25) is 5.56 Å². The summed E-state index contributed by atoms with van der Waals surface area (Å²) in [5, 5.41) is 4.61. The summed E-state index contributed by atoms with van der Waals surface area (Å²) in [4.78, 5) is 14.4. The number of benzene rings is 1. The zero-order valence-corrected chi connectivity index (χ0v) is 13.1. The zero-order valence-electron chi connectivity index (χ0n) is 13.1. The van der Waals surface area contributed by atoms with E-state index >= 15 is 0 Å². The van der Waals surface area contributed by atoms with Gasteiger partial charge in [-0.15, -0.1) is 0 Å². The van der Waals surface area contributed by atoms with Crippen molar-refractivity contribution < 1.29 is 0 Å². The SMILES string of the molecule is Cc1cc2ccc(=O)[nH]c2c(C)c1NCCC(C)(C)C. The van der Waals surface area contributed by atoms with Crippen molar-refractivity contribution >= 4 is 16.6 Å². The fourth-order valence-corrected chi connectivity index (χ4v) is 2.48. The van der Waals surface area contributed by atoms with E-state index in [-0.39, 0.29) is 5.56 Å². The van der Waals surface area contributed by atoms with Gasteiger partial charge in [-0.2, -0.15) is 0 Å². The number of rotatable bonds is 3. The third kappa shape index (κ3) is 3.21. The van der Waals surface area contributed by atoms with Crippen LogP contribution >= 0.6 is 0 Å². The van der Waals surface area contributed by atoms with Gasteiger partial charge in [0.1, 0.15) is 0 Å². The van der Waals surface area contributed by atoms with Crippen molar-refractivity contribution in [3.63, 3.8) is 0 Å². The molecule has 0 aliphatic rings. The molecule has 0 fully saturated rings. The van der Waals surface area contributed by atoms with Gasteiger partial charge in [-0.25, -0.2) is 0 Å². The Balaban J connectivity index is 2.36. The van der Waals surface area contributed by atoms with Crippen LogP contribution < -0.4 is 10.9 Å². The van der Waals surface area contributed by atoms with Crippen LogP contribution in [0.5, 0.6) is 0 Å². The first-order chi connectivity index (χ1) is 9.28. The first-order valence-corrected chi connectivity index (χ1v) is 7.15. The van der Waals surface area contributed by atoms with E-state index in [0.29, 0.717) is 5.41 Å². The molecule has 0 amide bonds. The van der Waals surface area contributed by atoms with E-state index in [0.717, 1.165) is 35.1 Å². The molecule has 1 aromatic carbocycles. The van der Waals surface area contributed by atoms with E-state index in [9.17, 15) is 4.79 Å². The average molecular weight is 272 g/mol. The van der Waals surface area contributed by atoms with Crippen molar-refractivity contribution in [1.29, 1.82) is 0 Å². The third-order valence-corrected chi connectivity index (χ3v) is 3.64. The molecule has 0 unspecified atom stereocenters. The van der Waals surface area contributed by atoms with Gasteiger partial charge < -0.3 is 10.3 Å². The van der Waals surface area contributed by atoms with Crippen LogP contribution in [0.2, 0.25) is 0 Å². The van der Waals surface area contributed by atoms with E-state index < -0.39 is 0 Å². The minimum atomic E-state index is -0.0508. The third-order valence-electron chi connectivity index (χ3n) is 3.64. The van der Waals surface area contributed by atoms with Gasteiger partial charge in [0.15, 0.2) is 0 Å². The molecule has 0 bridgehead atoms. The summed E-state index contributed by atoms with van der Waals surface area (Å²) in [6.07, 6.45) is 1.11. The zero-order chi connectivity index (χ0) is 14.9. The highest BCUT2D eigenvalue weighted by Crippen LogP contribution is 2.28. The molecule has 2 N–H and O–H groups in total. The standard InChI is InChI=1S/C17H24N2O/c1-11-10-13-6-7-14(20)19-16(13)12(2)15(11)18-9-8-17(3,4)5/h6-7,10,18H,8-9H2,1-5H3,(H,19,20). The highest BCUT2D eigenvalue weighted by atomic mass is 16.1. The molecule has 20 heavy (non-hydrogen) atoms. The number of nitrogens with one attached hydrogen (secondary N) is 2. The summed E-state index contributed by atoms with van der Waals surface area (Å²) in [7, 11) is 0. The lowest BCUT2D eigenvalue weighted by molar-refractivity contribution is 0.390. The first-order valence-electron chi connectivity index (χ1n) is 7.15. The van der Waals surface area contributed by atoms with Crippen molar-refractivity contribution in [3.8, 4) is 0 Å². The molecule has 0 aliphatic carbocycles. The maximum Gasteiger partial charge on any atom is 0.248 e. The fourth-order valence-electron chi connectivity index (χ4n) is 2.48. The predicted molar refractivity (Wildman–Crippen MR) is 86.6 cm³/mol. The Labute approximate surface area is 120 Å². The highest BCUT2D eigenvalue weighted by molar-refractivity contribution is 5.88. The smallest absolute Gasteiger partial charge is 0.248 e. The molecule has 3 nitrogen and oxygen atoms in total. The summed E-state index contributed by atoms with van der Waals surface area (Å²) < 4.78 is 0. The number of aromatic nitrogens is 1. The summed E-state index contributed by atoms with van der Waals surface area (Å²) >= 11 is 0. The lowest BCUT2D eigenvalue weighted by atomic mass is 9.92. The topological polar surface area (TPSA) is 44.9 Å². The number of hydrogen-bond acceptors (Lipinski definition) is 2. The van der Waals surface area contributed by atoms with Crippen molar-refractivity contribution in [3.05, 3.63) is 39.7 Å². The molecule has 0 atom stereocenters. The van der Waals surface area contributed by atoms with E-state index in [1.54, 1.807) is 6.07 Å². The molecule has 0 aliphatic heterocycles. The second kappa shape index (κ2) is 5.31. The molecule has 0 radical (unpaired) electrons. The van der Waals surface area contributed by atoms with Crippen LogP contribution in [0.4, 0.5) is 5.69 Å². The molecule has 2 rings (SSSR count). The minimum Gasteiger partial charge on any atom is -0.385 e. The Morgan fingerprint density at radius 1 is 1.20 bits per heavy atom. The van der Waals surface area contributed by atoms with Gasteiger partial charge in [-0.1, -0.05) is 20.8 Å². The van der Waals surface area contributed by atoms with Gasteiger partial charge in [-0.05, 0) is 54.3 Å². The number of fused-ring (bicyclic) bond motifs is 1. The maximum atomic E-state index is 11.5. The molecule has 2 aromatic rings. The summed E-state index contributed by atoms with van der Waals surface area (Å²) in [5.41, 5.74) is 4.68. The fraction of sp³-hybridized carbons (Fsp3) is 0.471. The summed E-state index contributed by atoms with van der Waals surface area (Å²) in [5.74, 6) is 0. The molecule has 3 heteroatoms. The molecule has 108 valence electrons. The number of anilines is 1. The summed E-state index contributed by atoms with van der Waals surface area (Å²) in [6.45, 7) is 11.8. The Hall–Kier alpha value is -1.77. The molecule has 0 saturated carbocycles. The average Bonchev–Trinajstić information content (AvgIpc) is 2.33. The van der Waals surface area contributed by atoms with Crippen LogP contribution in [0, 0.1) is 19.3 Å². The first kappa shape index (κ1) is 14.6. The molecule has 0 spiro atoms. The minimum absolute atomic E-state index is 0.0508. The quantitative estimate of drug-likeness (QED) is 0.887. The van der Waals surface area contributed by atoms with Crippen molar-refractivity contribution in [2.24, 2.45) is 5.41 Å². The van der Waals surface area contributed by atoms with E-state index in [2.05, 4.69) is 51.0 Å². The lowest BCUT2D eigenvalue weighted by Crippen LogP contribution is -2.14. The van der Waals surface area contributed by atoms with Gasteiger partial charge in [-0.3, -0.25) is 4.79 Å². The van der Waals surface area contributed by atoms with E-state index in [1.165, 1.54) is 5.56 Å². The molecule has 0 saturated heterocycles. The summed E-state index contributed by atoms with van der Waals surface area (Å²) in [6, 6.07) is 5.58. The largest absolute Gasteiger partial charge is 0.385 e. The second-order valence-electron chi connectivity index (χ2n) is 6.72. The van der Waals surface area contributed by atoms with Crippen molar-refractivity contribution in [2.45, 2.75) is 41.0 Å². The predicted octanol–water partition coefficient (Wildman–Crippen LogP) is 3.99. The van der Waals surface area contributed by atoms with Gasteiger partial charge in [0.25, 0.3) is 0 Å². The maximum absolute atomic E-state index is 11.5. The monoisotopic (exact) mass is 272 g/mol. The van der Waals surface area contributed by atoms with Crippen LogP contribution in [-0.2, 0) is 0 Å². The van der Waals surface area contributed by atoms with Gasteiger partial charge in [0.05, 0.1) is 5.52 Å². The van der Waals surface area contributed by atoms with Gasteiger partial charge >= 0.3 is 0 Å². The van der Waals surface area contributed by atoms with Crippen LogP contribution in [0.15, 0.2) is 23.0 Å². The van der Waals surface area contributed by atoms with Gasteiger partial charge in [0, 0.05) is 18.3 Å². The van der Waals surface area contributed by atoms with Crippen LogP contribution in [-0.4, -0.2) is 11.5 Å². The molecule has 1 aromatic heterocycles. The second-order valence-corrected chi connectivity index (χ2v) is 6.72. The Kier molecular flexibility index (Phi) is 3.89. The molecular formula is C17H24N2O. The number of H-pyrrole nitrogens is 1. The Morgan fingerprint density at radius 2 is 1.90 bits per heavy atom. The highest BCUT2D eigenvalue weighted by Gasteiger charge is 2.12.